The highest BCUT2D eigenvalue weighted by Gasteiger charge is 2.13. The summed E-state index contributed by atoms with van der Waals surface area (Å²) in [6.45, 7) is 0. The Morgan fingerprint density at radius 1 is 1.16 bits per heavy atom. The number of nitrogens with one attached hydrogen (secondary N) is 1. The molecular weight excluding hydrogens is 281 g/mol. The standard InChI is InChI=1S/C15H15ClFNS/c1-18-14(11-6-2-3-7-12(11)16)10-19-15-9-5-4-8-13(15)17/h2-9,14,18H,10H2,1H3. The predicted molar refractivity (Wildman–Crippen MR) is 80.4 cm³/mol. The van der Waals surface area contributed by atoms with Crippen LogP contribution >= 0.6 is 23.4 Å². The van der Waals surface area contributed by atoms with Gasteiger partial charge in [-0.1, -0.05) is 41.9 Å². The van der Waals surface area contributed by atoms with Crippen molar-refractivity contribution in [2.75, 3.05) is 12.8 Å². The van der Waals surface area contributed by atoms with Crippen molar-refractivity contribution in [1.29, 1.82) is 0 Å². The molecule has 0 aromatic heterocycles. The molecule has 1 unspecified atom stereocenters. The van der Waals surface area contributed by atoms with Crippen molar-refractivity contribution in [1.82, 2.24) is 5.32 Å². The molecule has 0 saturated carbocycles. The molecule has 0 aliphatic heterocycles. The molecule has 0 aliphatic rings. The van der Waals surface area contributed by atoms with Gasteiger partial charge in [0.25, 0.3) is 0 Å². The highest BCUT2D eigenvalue weighted by atomic mass is 35.5. The van der Waals surface area contributed by atoms with E-state index in [0.29, 0.717) is 4.90 Å². The quantitative estimate of drug-likeness (QED) is 0.813. The Hall–Kier alpha value is -1.03. The Morgan fingerprint density at radius 3 is 2.53 bits per heavy atom. The van der Waals surface area contributed by atoms with Crippen LogP contribution in [-0.4, -0.2) is 12.8 Å². The lowest BCUT2D eigenvalue weighted by atomic mass is 10.1. The zero-order valence-electron chi connectivity index (χ0n) is 10.6. The summed E-state index contributed by atoms with van der Waals surface area (Å²) in [7, 11) is 1.88. The molecule has 1 nitrogen and oxygen atoms in total. The molecule has 0 aliphatic carbocycles. The second kappa shape index (κ2) is 6.94. The van der Waals surface area contributed by atoms with Gasteiger partial charge in [-0.25, -0.2) is 4.39 Å². The first kappa shape index (κ1) is 14.4. The predicted octanol–water partition coefficient (Wildman–Crippen LogP) is 4.53. The molecule has 0 bridgehead atoms. The topological polar surface area (TPSA) is 12.0 Å². The maximum atomic E-state index is 13.6. The lowest BCUT2D eigenvalue weighted by molar-refractivity contribution is 0.601. The molecule has 4 heteroatoms. The lowest BCUT2D eigenvalue weighted by Gasteiger charge is -2.17. The maximum Gasteiger partial charge on any atom is 0.136 e. The fraction of sp³-hybridized carbons (Fsp3) is 0.200. The second-order valence-electron chi connectivity index (χ2n) is 4.10. The minimum atomic E-state index is -0.179. The van der Waals surface area contributed by atoms with Gasteiger partial charge in [0.05, 0.1) is 0 Å². The van der Waals surface area contributed by atoms with E-state index in [9.17, 15) is 4.39 Å². The maximum absolute atomic E-state index is 13.6. The van der Waals surface area contributed by atoms with Crippen LogP contribution in [0.5, 0.6) is 0 Å². The van der Waals surface area contributed by atoms with Crippen LogP contribution in [0.25, 0.3) is 0 Å². The van der Waals surface area contributed by atoms with Crippen molar-refractivity contribution in [3.05, 3.63) is 64.9 Å². The van der Waals surface area contributed by atoms with E-state index < -0.39 is 0 Å². The van der Waals surface area contributed by atoms with Crippen LogP contribution in [0.4, 0.5) is 4.39 Å². The van der Waals surface area contributed by atoms with Crippen molar-refractivity contribution in [3.63, 3.8) is 0 Å². The average molecular weight is 296 g/mol. The number of rotatable bonds is 5. The molecule has 1 N–H and O–H groups in total. The van der Waals surface area contributed by atoms with Crippen LogP contribution in [0.15, 0.2) is 53.4 Å². The Balaban J connectivity index is 2.09. The third-order valence-electron chi connectivity index (χ3n) is 2.87. The van der Waals surface area contributed by atoms with Gasteiger partial charge >= 0.3 is 0 Å². The largest absolute Gasteiger partial charge is 0.312 e. The molecule has 0 saturated heterocycles. The zero-order chi connectivity index (χ0) is 13.7. The van der Waals surface area contributed by atoms with E-state index in [0.717, 1.165) is 16.3 Å². The zero-order valence-corrected chi connectivity index (χ0v) is 12.1. The SMILES string of the molecule is CNC(CSc1ccccc1F)c1ccccc1Cl. The van der Waals surface area contributed by atoms with Gasteiger partial charge in [-0.3, -0.25) is 0 Å². The van der Waals surface area contributed by atoms with Crippen LogP contribution in [0.2, 0.25) is 5.02 Å². The van der Waals surface area contributed by atoms with Crippen molar-refractivity contribution >= 4 is 23.4 Å². The van der Waals surface area contributed by atoms with E-state index in [1.807, 2.05) is 37.4 Å². The molecule has 0 heterocycles. The Kier molecular flexibility index (Phi) is 5.25. The Morgan fingerprint density at radius 2 is 1.84 bits per heavy atom. The van der Waals surface area contributed by atoms with Crippen LogP contribution in [0.1, 0.15) is 11.6 Å². The minimum Gasteiger partial charge on any atom is -0.312 e. The smallest absolute Gasteiger partial charge is 0.136 e. The molecule has 2 aromatic rings. The first-order valence-electron chi connectivity index (χ1n) is 6.01. The van der Waals surface area contributed by atoms with Crippen molar-refractivity contribution < 1.29 is 4.39 Å². The van der Waals surface area contributed by atoms with Crippen molar-refractivity contribution in [2.24, 2.45) is 0 Å². The summed E-state index contributed by atoms with van der Waals surface area (Å²) in [6.07, 6.45) is 0. The minimum absolute atomic E-state index is 0.0957. The highest BCUT2D eigenvalue weighted by Crippen LogP contribution is 2.29. The monoisotopic (exact) mass is 295 g/mol. The molecule has 19 heavy (non-hydrogen) atoms. The number of thioether (sulfide) groups is 1. The van der Waals surface area contributed by atoms with E-state index in [4.69, 9.17) is 11.6 Å². The van der Waals surface area contributed by atoms with Gasteiger partial charge in [-0.2, -0.15) is 0 Å². The van der Waals surface area contributed by atoms with E-state index in [-0.39, 0.29) is 11.9 Å². The molecule has 0 amide bonds. The number of hydrogen-bond donors (Lipinski definition) is 1. The summed E-state index contributed by atoms with van der Waals surface area (Å²) in [5, 5.41) is 3.95. The highest BCUT2D eigenvalue weighted by molar-refractivity contribution is 7.99. The first-order chi connectivity index (χ1) is 9.22. The van der Waals surface area contributed by atoms with Crippen molar-refractivity contribution in [2.45, 2.75) is 10.9 Å². The third kappa shape index (κ3) is 3.72. The molecular formula is C15H15ClFNS. The summed E-state index contributed by atoms with van der Waals surface area (Å²) in [5.74, 6) is 0.544. The summed E-state index contributed by atoms with van der Waals surface area (Å²) in [6, 6.07) is 14.6. The summed E-state index contributed by atoms with van der Waals surface area (Å²) in [5.41, 5.74) is 1.04. The van der Waals surface area contributed by atoms with E-state index in [1.165, 1.54) is 17.8 Å². The van der Waals surface area contributed by atoms with E-state index in [1.54, 1.807) is 12.1 Å². The van der Waals surface area contributed by atoms with Crippen LogP contribution in [0.3, 0.4) is 0 Å². The van der Waals surface area contributed by atoms with Crippen LogP contribution in [0, 0.1) is 5.82 Å². The Bertz CT molecular complexity index is 547. The van der Waals surface area contributed by atoms with Gasteiger partial charge in [-0.15, -0.1) is 11.8 Å². The molecule has 100 valence electrons. The van der Waals surface area contributed by atoms with Gasteiger partial charge in [0.15, 0.2) is 0 Å². The molecule has 0 spiro atoms. The fourth-order valence-corrected chi connectivity index (χ4v) is 3.16. The summed E-state index contributed by atoms with van der Waals surface area (Å²) in [4.78, 5) is 0.662. The summed E-state index contributed by atoms with van der Waals surface area (Å²) >= 11 is 7.67. The number of hydrogen-bond acceptors (Lipinski definition) is 2. The Labute approximate surface area is 122 Å². The number of benzene rings is 2. The third-order valence-corrected chi connectivity index (χ3v) is 4.36. The van der Waals surface area contributed by atoms with Crippen LogP contribution in [-0.2, 0) is 0 Å². The molecule has 0 fully saturated rings. The normalized spacial score (nSPS) is 12.4. The van der Waals surface area contributed by atoms with Gasteiger partial charge in [0, 0.05) is 21.7 Å². The molecule has 0 radical (unpaired) electrons. The van der Waals surface area contributed by atoms with Gasteiger partial charge in [-0.05, 0) is 30.8 Å². The lowest BCUT2D eigenvalue weighted by Crippen LogP contribution is -2.19. The van der Waals surface area contributed by atoms with E-state index >= 15 is 0 Å². The molecule has 1 atom stereocenters. The summed E-state index contributed by atoms with van der Waals surface area (Å²) < 4.78 is 13.6. The second-order valence-corrected chi connectivity index (χ2v) is 5.57. The molecule has 2 aromatic carbocycles. The first-order valence-corrected chi connectivity index (χ1v) is 7.37. The molecule has 2 rings (SSSR count). The van der Waals surface area contributed by atoms with Gasteiger partial charge < -0.3 is 5.32 Å². The van der Waals surface area contributed by atoms with Crippen LogP contribution < -0.4 is 5.32 Å². The average Bonchev–Trinajstić information content (AvgIpc) is 2.43. The number of halogens is 2. The van der Waals surface area contributed by atoms with Gasteiger partial charge in [0.1, 0.15) is 5.82 Å². The fourth-order valence-electron chi connectivity index (χ4n) is 1.82. The van der Waals surface area contributed by atoms with Gasteiger partial charge in [0.2, 0.25) is 0 Å². The van der Waals surface area contributed by atoms with Crippen molar-refractivity contribution in [3.8, 4) is 0 Å². The van der Waals surface area contributed by atoms with E-state index in [2.05, 4.69) is 5.32 Å².